The number of nitrogens with one attached hydrogen (secondary N) is 4. The van der Waals surface area contributed by atoms with Crippen LogP contribution in [0.5, 0.6) is 0 Å². The summed E-state index contributed by atoms with van der Waals surface area (Å²) in [5, 5.41) is 39.7. The number of amides is 4. The molecule has 0 aromatic rings. The zero-order chi connectivity index (χ0) is 29.2. The minimum atomic E-state index is -1.41. The normalized spacial score (nSPS) is 22.5. The smallest absolute Gasteiger partial charge is 0.239 e. The van der Waals surface area contributed by atoms with Crippen molar-refractivity contribution in [3.05, 3.63) is 0 Å². The number of ketones is 1. The molecule has 0 bridgehead atoms. The number of aliphatic hydroxyl groups is 3. The molecule has 1 aliphatic rings. The summed E-state index contributed by atoms with van der Waals surface area (Å²) < 4.78 is 16.3. The van der Waals surface area contributed by atoms with Crippen LogP contribution in [0.1, 0.15) is 46.0 Å². The van der Waals surface area contributed by atoms with Crippen LogP contribution >= 0.6 is 0 Å². The molecular weight excluding hydrogens is 520 g/mol. The Labute approximate surface area is 227 Å². The van der Waals surface area contributed by atoms with Crippen LogP contribution in [0.25, 0.3) is 0 Å². The van der Waals surface area contributed by atoms with Gasteiger partial charge in [-0.25, -0.2) is 0 Å². The van der Waals surface area contributed by atoms with Crippen molar-refractivity contribution in [3.8, 4) is 0 Å². The number of hydrogen-bond acceptors (Lipinski definition) is 11. The van der Waals surface area contributed by atoms with Crippen molar-refractivity contribution in [2.24, 2.45) is 0 Å². The van der Waals surface area contributed by atoms with E-state index in [-0.39, 0.29) is 63.3 Å². The topological polar surface area (TPSA) is 222 Å². The van der Waals surface area contributed by atoms with E-state index in [2.05, 4.69) is 21.3 Å². The molecule has 5 unspecified atom stereocenters. The molecule has 0 aliphatic carbocycles. The maximum absolute atomic E-state index is 11.8. The zero-order valence-corrected chi connectivity index (χ0v) is 22.5. The molecule has 1 saturated heterocycles. The highest BCUT2D eigenvalue weighted by atomic mass is 16.7. The lowest BCUT2D eigenvalue weighted by molar-refractivity contribution is -0.272. The summed E-state index contributed by atoms with van der Waals surface area (Å²) in [6.45, 7) is 2.70. The molecule has 0 radical (unpaired) electrons. The molecule has 1 rings (SSSR count). The number of hydrogen-bond donors (Lipinski definition) is 7. The highest BCUT2D eigenvalue weighted by Gasteiger charge is 2.45. The molecule has 1 heterocycles. The van der Waals surface area contributed by atoms with Gasteiger partial charge in [-0.2, -0.15) is 0 Å². The van der Waals surface area contributed by atoms with Gasteiger partial charge in [0.25, 0.3) is 0 Å². The summed E-state index contributed by atoms with van der Waals surface area (Å²) >= 11 is 0. The second-order valence-corrected chi connectivity index (χ2v) is 9.05. The van der Waals surface area contributed by atoms with E-state index in [1.165, 1.54) is 13.8 Å². The van der Waals surface area contributed by atoms with Gasteiger partial charge < -0.3 is 55.6 Å². The predicted octanol–water partition coefficient (Wildman–Crippen LogP) is -3.15. The lowest BCUT2D eigenvalue weighted by Crippen LogP contribution is -2.64. The Balaban J connectivity index is 2.11. The third-order valence-corrected chi connectivity index (χ3v) is 5.61. The number of ether oxygens (including phenoxy) is 3. The molecule has 7 N–H and O–H groups in total. The van der Waals surface area contributed by atoms with Crippen LogP contribution < -0.4 is 21.3 Å². The van der Waals surface area contributed by atoms with Gasteiger partial charge in [0.2, 0.25) is 23.6 Å². The minimum absolute atomic E-state index is 0.00455. The van der Waals surface area contributed by atoms with E-state index in [1.807, 2.05) is 0 Å². The largest absolute Gasteiger partial charge is 0.394 e. The molecule has 0 aromatic heterocycles. The molecular formula is C24H42N4O11. The van der Waals surface area contributed by atoms with Gasteiger partial charge in [0.05, 0.1) is 33.0 Å². The molecule has 39 heavy (non-hydrogen) atoms. The van der Waals surface area contributed by atoms with Crippen molar-refractivity contribution in [1.82, 2.24) is 21.3 Å². The first-order valence-electron chi connectivity index (χ1n) is 12.9. The molecule has 1 fully saturated rings. The molecule has 1 aliphatic heterocycles. The number of aliphatic hydroxyl groups excluding tert-OH is 3. The van der Waals surface area contributed by atoms with E-state index in [1.54, 1.807) is 0 Å². The molecule has 0 spiro atoms. The highest BCUT2D eigenvalue weighted by Crippen LogP contribution is 2.22. The van der Waals surface area contributed by atoms with Gasteiger partial charge in [-0.05, 0) is 19.8 Å². The Hall–Kier alpha value is -2.69. The summed E-state index contributed by atoms with van der Waals surface area (Å²) in [5.74, 6) is -1.33. The average molecular weight is 563 g/mol. The van der Waals surface area contributed by atoms with Crippen molar-refractivity contribution in [1.29, 1.82) is 0 Å². The minimum Gasteiger partial charge on any atom is -0.394 e. The Morgan fingerprint density at radius 2 is 1.46 bits per heavy atom. The number of Topliss-reactive ketones (excluding diaryl/α,β-unsaturated/α-hetero) is 1. The number of carbonyl (C=O) groups is 5. The van der Waals surface area contributed by atoms with Crippen LogP contribution in [0, 0.1) is 0 Å². The molecule has 15 heteroatoms. The summed E-state index contributed by atoms with van der Waals surface area (Å²) in [4.78, 5) is 57.5. The Bertz CT molecular complexity index is 798. The second-order valence-electron chi connectivity index (χ2n) is 9.05. The molecule has 5 atom stereocenters. The predicted molar refractivity (Wildman–Crippen MR) is 135 cm³/mol. The fourth-order valence-corrected chi connectivity index (χ4v) is 3.59. The first-order chi connectivity index (χ1) is 18.5. The van der Waals surface area contributed by atoms with Crippen molar-refractivity contribution in [2.75, 3.05) is 46.1 Å². The fourth-order valence-electron chi connectivity index (χ4n) is 3.59. The standard InChI is InChI=1S/C24H42N4O11/c1-15(30)5-3-6-18(32)25-8-4-7-19(33)27-13-20(34)26-9-10-37-11-12-38-24-21(28-16(2)31)23(36)22(35)17(14-29)39-24/h17,21-24,29,35-36H,3-14H2,1-2H3,(H,25,32)(H,26,34)(H,27,33)(H,28,31). The molecule has 0 saturated carbocycles. The van der Waals surface area contributed by atoms with Crippen molar-refractivity contribution < 1.29 is 53.5 Å². The average Bonchev–Trinajstić information content (AvgIpc) is 2.88. The highest BCUT2D eigenvalue weighted by molar-refractivity contribution is 5.84. The third-order valence-electron chi connectivity index (χ3n) is 5.61. The maximum Gasteiger partial charge on any atom is 0.239 e. The van der Waals surface area contributed by atoms with Crippen LogP contribution in [-0.2, 0) is 38.2 Å². The second kappa shape index (κ2) is 19.4. The van der Waals surface area contributed by atoms with Crippen LogP contribution in [0.2, 0.25) is 0 Å². The summed E-state index contributed by atoms with van der Waals surface area (Å²) in [6, 6.07) is -1.04. The molecule has 4 amide bonds. The van der Waals surface area contributed by atoms with E-state index in [0.29, 0.717) is 25.8 Å². The molecule has 224 valence electrons. The van der Waals surface area contributed by atoms with Crippen LogP contribution in [-0.4, -0.2) is 121 Å². The van der Waals surface area contributed by atoms with Crippen LogP contribution in [0.3, 0.4) is 0 Å². The maximum atomic E-state index is 11.8. The quantitative estimate of drug-likeness (QED) is 0.0779. The zero-order valence-electron chi connectivity index (χ0n) is 22.5. The fraction of sp³-hybridized carbons (Fsp3) is 0.792. The first-order valence-corrected chi connectivity index (χ1v) is 12.9. The summed E-state index contributed by atoms with van der Waals surface area (Å²) in [6.07, 6.45) is -3.33. The van der Waals surface area contributed by atoms with Crippen molar-refractivity contribution >= 4 is 29.4 Å². The SMILES string of the molecule is CC(=O)CCCC(=O)NCCCC(=O)NCC(=O)NCCOCCOC1OC(CO)C(O)C(O)C1NC(C)=O. The van der Waals surface area contributed by atoms with Gasteiger partial charge in [0, 0.05) is 39.3 Å². The van der Waals surface area contributed by atoms with Gasteiger partial charge in [-0.3, -0.25) is 19.2 Å². The molecule has 0 aromatic carbocycles. The van der Waals surface area contributed by atoms with Crippen molar-refractivity contribution in [3.63, 3.8) is 0 Å². The lowest BCUT2D eigenvalue weighted by Gasteiger charge is -2.42. The van der Waals surface area contributed by atoms with Gasteiger partial charge in [0.1, 0.15) is 30.1 Å². The number of carbonyl (C=O) groups excluding carboxylic acids is 5. The third kappa shape index (κ3) is 14.9. The summed E-state index contributed by atoms with van der Waals surface area (Å²) in [5.41, 5.74) is 0. The number of rotatable bonds is 19. The molecule has 15 nitrogen and oxygen atoms in total. The van der Waals surface area contributed by atoms with E-state index in [4.69, 9.17) is 14.2 Å². The van der Waals surface area contributed by atoms with Gasteiger partial charge in [-0.15, -0.1) is 0 Å². The van der Waals surface area contributed by atoms with Crippen molar-refractivity contribution in [2.45, 2.75) is 76.6 Å². The van der Waals surface area contributed by atoms with Gasteiger partial charge >= 0.3 is 0 Å². The van der Waals surface area contributed by atoms with E-state index in [0.717, 1.165) is 0 Å². The van der Waals surface area contributed by atoms with Gasteiger partial charge in [-0.1, -0.05) is 0 Å². The van der Waals surface area contributed by atoms with E-state index in [9.17, 15) is 39.3 Å². The van der Waals surface area contributed by atoms with E-state index < -0.39 is 49.1 Å². The Kier molecular flexibility index (Phi) is 17.1. The van der Waals surface area contributed by atoms with Crippen LogP contribution in [0.4, 0.5) is 0 Å². The van der Waals surface area contributed by atoms with E-state index >= 15 is 0 Å². The Morgan fingerprint density at radius 1 is 0.795 bits per heavy atom. The Morgan fingerprint density at radius 3 is 2.13 bits per heavy atom. The van der Waals surface area contributed by atoms with Gasteiger partial charge in [0.15, 0.2) is 6.29 Å². The summed E-state index contributed by atoms with van der Waals surface area (Å²) in [7, 11) is 0. The first kappa shape index (κ1) is 34.3. The monoisotopic (exact) mass is 562 g/mol. The lowest BCUT2D eigenvalue weighted by atomic mass is 9.97. The van der Waals surface area contributed by atoms with Crippen LogP contribution in [0.15, 0.2) is 0 Å².